The van der Waals surface area contributed by atoms with Gasteiger partial charge < -0.3 is 10.5 Å². The van der Waals surface area contributed by atoms with Gasteiger partial charge >= 0.3 is 0 Å². The number of sulfone groups is 1. The molecule has 0 bridgehead atoms. The third-order valence-corrected chi connectivity index (χ3v) is 5.34. The Kier molecular flexibility index (Phi) is 4.83. The first-order valence-electron chi connectivity index (χ1n) is 6.07. The van der Waals surface area contributed by atoms with Crippen molar-refractivity contribution in [2.75, 3.05) is 44.3 Å². The van der Waals surface area contributed by atoms with Gasteiger partial charge in [0.1, 0.15) is 0 Å². The average Bonchev–Trinajstić information content (AvgIpc) is 2.37. The van der Waals surface area contributed by atoms with Crippen LogP contribution in [0.25, 0.3) is 0 Å². The highest BCUT2D eigenvalue weighted by atomic mass is 79.9. The van der Waals surface area contributed by atoms with E-state index in [9.17, 15) is 8.42 Å². The molecule has 0 unspecified atom stereocenters. The highest BCUT2D eigenvalue weighted by Crippen LogP contribution is 2.23. The summed E-state index contributed by atoms with van der Waals surface area (Å²) in [7, 11) is -3.34. The van der Waals surface area contributed by atoms with E-state index in [1.807, 2.05) is 0 Å². The Labute approximate surface area is 121 Å². The Morgan fingerprint density at radius 2 is 2.00 bits per heavy atom. The Morgan fingerprint density at radius 3 is 2.63 bits per heavy atom. The monoisotopic (exact) mass is 348 g/mol. The predicted molar refractivity (Wildman–Crippen MR) is 77.9 cm³/mol. The predicted octanol–water partition coefficient (Wildman–Crippen LogP) is 1.14. The van der Waals surface area contributed by atoms with Gasteiger partial charge in [0.05, 0.1) is 29.5 Å². The van der Waals surface area contributed by atoms with Crippen LogP contribution in [0.15, 0.2) is 27.6 Å². The van der Waals surface area contributed by atoms with Crippen LogP contribution in [0.3, 0.4) is 0 Å². The van der Waals surface area contributed by atoms with Gasteiger partial charge in [-0.3, -0.25) is 4.90 Å². The second-order valence-electron chi connectivity index (χ2n) is 4.46. The van der Waals surface area contributed by atoms with Gasteiger partial charge in [-0.05, 0) is 18.2 Å². The zero-order valence-electron chi connectivity index (χ0n) is 10.5. The maximum Gasteiger partial charge on any atom is 0.181 e. The number of ether oxygens (including phenoxy) is 1. The van der Waals surface area contributed by atoms with Gasteiger partial charge in [0.15, 0.2) is 9.84 Å². The Bertz CT molecular complexity index is 542. The van der Waals surface area contributed by atoms with E-state index in [2.05, 4.69) is 20.8 Å². The van der Waals surface area contributed by atoms with Gasteiger partial charge in [-0.1, -0.05) is 15.9 Å². The number of hydrogen-bond acceptors (Lipinski definition) is 5. The molecule has 1 aliphatic rings. The molecule has 7 heteroatoms. The number of anilines is 1. The standard InChI is InChI=1S/C12H17BrN2O3S/c13-10-1-2-12(11(14)9-10)19(16,17)8-5-15-3-6-18-7-4-15/h1-2,9H,3-8,14H2. The first kappa shape index (κ1) is 14.8. The van der Waals surface area contributed by atoms with Crippen molar-refractivity contribution < 1.29 is 13.2 Å². The molecule has 1 aromatic carbocycles. The summed E-state index contributed by atoms with van der Waals surface area (Å²) in [4.78, 5) is 2.31. The van der Waals surface area contributed by atoms with Crippen molar-refractivity contribution in [2.24, 2.45) is 0 Å². The van der Waals surface area contributed by atoms with Crippen LogP contribution in [0.5, 0.6) is 0 Å². The zero-order valence-corrected chi connectivity index (χ0v) is 12.9. The van der Waals surface area contributed by atoms with E-state index < -0.39 is 9.84 Å². The van der Waals surface area contributed by atoms with E-state index >= 15 is 0 Å². The number of morpholine rings is 1. The number of nitrogens with zero attached hydrogens (tertiary/aromatic N) is 1. The molecular formula is C12H17BrN2O3S. The lowest BCUT2D eigenvalue weighted by molar-refractivity contribution is 0.0408. The van der Waals surface area contributed by atoms with Crippen LogP contribution in [0, 0.1) is 0 Å². The second-order valence-corrected chi connectivity index (χ2v) is 7.45. The quantitative estimate of drug-likeness (QED) is 0.826. The number of nitrogen functional groups attached to an aromatic ring is 1. The maximum atomic E-state index is 12.3. The third-order valence-electron chi connectivity index (χ3n) is 3.09. The molecule has 0 spiro atoms. The van der Waals surface area contributed by atoms with Crippen LogP contribution >= 0.6 is 15.9 Å². The summed E-state index contributed by atoms with van der Waals surface area (Å²) in [6.45, 7) is 3.42. The fraction of sp³-hybridized carbons (Fsp3) is 0.500. The van der Waals surface area contributed by atoms with Gasteiger partial charge in [0.25, 0.3) is 0 Å². The smallest absolute Gasteiger partial charge is 0.181 e. The lowest BCUT2D eigenvalue weighted by Gasteiger charge is -2.26. The molecule has 0 aromatic heterocycles. The summed E-state index contributed by atoms with van der Waals surface area (Å²) in [5, 5.41) is 0. The van der Waals surface area contributed by atoms with E-state index in [0.29, 0.717) is 19.8 Å². The van der Waals surface area contributed by atoms with Crippen molar-refractivity contribution in [2.45, 2.75) is 4.90 Å². The number of benzene rings is 1. The highest BCUT2D eigenvalue weighted by Gasteiger charge is 2.20. The van der Waals surface area contributed by atoms with Gasteiger partial charge in [-0.25, -0.2) is 8.42 Å². The largest absolute Gasteiger partial charge is 0.398 e. The zero-order chi connectivity index (χ0) is 13.9. The average molecular weight is 349 g/mol. The Hall–Kier alpha value is -0.630. The topological polar surface area (TPSA) is 72.6 Å². The highest BCUT2D eigenvalue weighted by molar-refractivity contribution is 9.10. The van der Waals surface area contributed by atoms with Crippen LogP contribution in [0.2, 0.25) is 0 Å². The second kappa shape index (κ2) is 6.21. The molecule has 2 rings (SSSR count). The molecule has 0 amide bonds. The molecule has 5 nitrogen and oxygen atoms in total. The molecule has 1 saturated heterocycles. The van der Waals surface area contributed by atoms with E-state index in [1.54, 1.807) is 18.2 Å². The van der Waals surface area contributed by atoms with E-state index in [1.165, 1.54) is 0 Å². The SMILES string of the molecule is Nc1cc(Br)ccc1S(=O)(=O)CCN1CCOCC1. The Morgan fingerprint density at radius 1 is 1.32 bits per heavy atom. The molecule has 1 aromatic rings. The van der Waals surface area contributed by atoms with Crippen molar-refractivity contribution in [3.63, 3.8) is 0 Å². The summed E-state index contributed by atoms with van der Waals surface area (Å²) in [5.74, 6) is 0.0822. The molecule has 106 valence electrons. The summed E-state index contributed by atoms with van der Waals surface area (Å²) < 4.78 is 30.5. The molecular weight excluding hydrogens is 332 g/mol. The fourth-order valence-corrected chi connectivity index (χ4v) is 3.78. The summed E-state index contributed by atoms with van der Waals surface area (Å²) in [6, 6.07) is 4.85. The number of rotatable bonds is 4. The maximum absolute atomic E-state index is 12.3. The van der Waals surface area contributed by atoms with Crippen molar-refractivity contribution in [3.05, 3.63) is 22.7 Å². The summed E-state index contributed by atoms with van der Waals surface area (Å²) in [5.41, 5.74) is 6.06. The molecule has 19 heavy (non-hydrogen) atoms. The van der Waals surface area contributed by atoms with Crippen LogP contribution in [0.1, 0.15) is 0 Å². The number of halogens is 1. The normalized spacial score (nSPS) is 17.5. The molecule has 0 saturated carbocycles. The van der Waals surface area contributed by atoms with E-state index in [4.69, 9.17) is 10.5 Å². The first-order valence-corrected chi connectivity index (χ1v) is 8.51. The molecule has 1 fully saturated rings. The fourth-order valence-electron chi connectivity index (χ4n) is 1.99. The van der Waals surface area contributed by atoms with Crippen LogP contribution in [-0.2, 0) is 14.6 Å². The van der Waals surface area contributed by atoms with Crippen LogP contribution in [0.4, 0.5) is 5.69 Å². The molecule has 1 heterocycles. The summed E-state index contributed by atoms with van der Waals surface area (Å²) in [6.07, 6.45) is 0. The molecule has 0 aliphatic carbocycles. The molecule has 0 atom stereocenters. The molecule has 0 radical (unpaired) electrons. The van der Waals surface area contributed by atoms with Crippen LogP contribution < -0.4 is 5.73 Å². The third kappa shape index (κ3) is 3.92. The van der Waals surface area contributed by atoms with Crippen molar-refractivity contribution >= 4 is 31.5 Å². The first-order chi connectivity index (χ1) is 8.99. The minimum atomic E-state index is -3.34. The number of hydrogen-bond donors (Lipinski definition) is 1. The van der Waals surface area contributed by atoms with Crippen molar-refractivity contribution in [1.29, 1.82) is 0 Å². The van der Waals surface area contributed by atoms with Crippen molar-refractivity contribution in [3.8, 4) is 0 Å². The molecule has 2 N–H and O–H groups in total. The lowest BCUT2D eigenvalue weighted by Crippen LogP contribution is -2.39. The lowest BCUT2D eigenvalue weighted by atomic mass is 10.3. The van der Waals surface area contributed by atoms with E-state index in [-0.39, 0.29) is 16.3 Å². The minimum absolute atomic E-state index is 0.0822. The van der Waals surface area contributed by atoms with Gasteiger partial charge in [0, 0.05) is 24.1 Å². The Balaban J connectivity index is 2.05. The van der Waals surface area contributed by atoms with Crippen LogP contribution in [-0.4, -0.2) is 51.9 Å². The van der Waals surface area contributed by atoms with Gasteiger partial charge in [0.2, 0.25) is 0 Å². The number of nitrogens with two attached hydrogens (primary N) is 1. The minimum Gasteiger partial charge on any atom is -0.398 e. The van der Waals surface area contributed by atoms with E-state index in [0.717, 1.165) is 17.6 Å². The summed E-state index contributed by atoms with van der Waals surface area (Å²) >= 11 is 3.27. The van der Waals surface area contributed by atoms with Gasteiger partial charge in [-0.15, -0.1) is 0 Å². The van der Waals surface area contributed by atoms with Gasteiger partial charge in [-0.2, -0.15) is 0 Å². The van der Waals surface area contributed by atoms with Crippen molar-refractivity contribution in [1.82, 2.24) is 4.90 Å². The molecule has 1 aliphatic heterocycles.